The first kappa shape index (κ1) is 19.4. The number of nitrogens with zero attached hydrogens (tertiary/aromatic N) is 3. The molecule has 0 saturated heterocycles. The van der Waals surface area contributed by atoms with Gasteiger partial charge in [-0.15, -0.1) is 0 Å². The highest BCUT2D eigenvalue weighted by molar-refractivity contribution is 9.10. The van der Waals surface area contributed by atoms with Crippen molar-refractivity contribution in [2.75, 3.05) is 12.0 Å². The van der Waals surface area contributed by atoms with Crippen molar-refractivity contribution in [3.05, 3.63) is 85.7 Å². The zero-order chi connectivity index (χ0) is 20.2. The number of hydrogen-bond acceptors (Lipinski definition) is 6. The summed E-state index contributed by atoms with van der Waals surface area (Å²) < 4.78 is 0.831. The summed E-state index contributed by atoms with van der Waals surface area (Å²) in [6.07, 6.45) is 2.18. The van der Waals surface area contributed by atoms with E-state index in [1.807, 2.05) is 18.2 Å². The minimum atomic E-state index is -0.157. The predicted octanol–water partition coefficient (Wildman–Crippen LogP) is 3.24. The summed E-state index contributed by atoms with van der Waals surface area (Å²) in [7, 11) is 0. The predicted molar refractivity (Wildman–Crippen MR) is 116 cm³/mol. The Kier molecular flexibility index (Phi) is 5.73. The van der Waals surface area contributed by atoms with E-state index in [1.54, 1.807) is 18.2 Å². The van der Waals surface area contributed by atoms with E-state index in [9.17, 15) is 9.90 Å². The van der Waals surface area contributed by atoms with E-state index in [4.69, 9.17) is 0 Å². The molecule has 1 aliphatic heterocycles. The number of nitrogens with one attached hydrogen (secondary N) is 2. The van der Waals surface area contributed by atoms with Crippen LogP contribution in [0.3, 0.4) is 0 Å². The standard InChI is InChI=1S/C21H20BrN5O2/c22-16-6-7-19(28)15(10-16)11-23-26-21-24-18-8-9-27(13-17(18)20(29)25-21)12-14-4-2-1-3-5-14/h1-7,10-11,28H,8-9,12-13H2,(H2,24,25,26,29)/b23-11-. The molecule has 3 N–H and O–H groups in total. The summed E-state index contributed by atoms with van der Waals surface area (Å²) in [5, 5.41) is 13.9. The second kappa shape index (κ2) is 8.59. The van der Waals surface area contributed by atoms with E-state index in [0.29, 0.717) is 24.1 Å². The zero-order valence-electron chi connectivity index (χ0n) is 15.6. The Bertz CT molecular complexity index is 1100. The summed E-state index contributed by atoms with van der Waals surface area (Å²) >= 11 is 3.35. The van der Waals surface area contributed by atoms with Crippen LogP contribution in [-0.4, -0.2) is 32.7 Å². The second-order valence-corrected chi connectivity index (χ2v) is 7.77. The maximum absolute atomic E-state index is 12.6. The molecular weight excluding hydrogens is 434 g/mol. The van der Waals surface area contributed by atoms with Crippen molar-refractivity contribution in [2.45, 2.75) is 19.5 Å². The van der Waals surface area contributed by atoms with Gasteiger partial charge in [-0.2, -0.15) is 5.10 Å². The monoisotopic (exact) mass is 453 g/mol. The van der Waals surface area contributed by atoms with Gasteiger partial charge in [-0.05, 0) is 23.8 Å². The van der Waals surface area contributed by atoms with Crippen LogP contribution in [0.15, 0.2) is 62.9 Å². The van der Waals surface area contributed by atoms with Gasteiger partial charge in [-0.1, -0.05) is 46.3 Å². The van der Waals surface area contributed by atoms with Crippen LogP contribution in [-0.2, 0) is 19.5 Å². The molecule has 2 heterocycles. The Labute approximate surface area is 176 Å². The van der Waals surface area contributed by atoms with Crippen LogP contribution < -0.4 is 11.0 Å². The fourth-order valence-corrected chi connectivity index (χ4v) is 3.68. The average molecular weight is 454 g/mol. The van der Waals surface area contributed by atoms with Crippen molar-refractivity contribution in [1.29, 1.82) is 0 Å². The molecule has 3 aromatic rings. The Balaban J connectivity index is 1.46. The number of phenols is 1. The van der Waals surface area contributed by atoms with Crippen LogP contribution in [0, 0.1) is 0 Å². The lowest BCUT2D eigenvalue weighted by atomic mass is 10.1. The van der Waals surface area contributed by atoms with Crippen molar-refractivity contribution >= 4 is 28.1 Å². The highest BCUT2D eigenvalue weighted by atomic mass is 79.9. The molecular formula is C21H20BrN5O2. The Morgan fingerprint density at radius 1 is 1.28 bits per heavy atom. The second-order valence-electron chi connectivity index (χ2n) is 6.86. The largest absolute Gasteiger partial charge is 0.507 e. The smallest absolute Gasteiger partial charge is 0.257 e. The molecule has 0 atom stereocenters. The lowest BCUT2D eigenvalue weighted by Crippen LogP contribution is -2.35. The molecule has 0 spiro atoms. The van der Waals surface area contributed by atoms with Gasteiger partial charge in [0.15, 0.2) is 0 Å². The quantitative estimate of drug-likeness (QED) is 0.407. The highest BCUT2D eigenvalue weighted by Gasteiger charge is 2.21. The van der Waals surface area contributed by atoms with E-state index < -0.39 is 0 Å². The third kappa shape index (κ3) is 4.72. The first-order valence-electron chi connectivity index (χ1n) is 9.24. The molecule has 0 saturated carbocycles. The third-order valence-corrected chi connectivity index (χ3v) is 5.25. The number of aromatic nitrogens is 2. The van der Waals surface area contributed by atoms with Gasteiger partial charge in [0.25, 0.3) is 5.56 Å². The van der Waals surface area contributed by atoms with Crippen LogP contribution in [0.5, 0.6) is 5.75 Å². The molecule has 0 radical (unpaired) electrons. The molecule has 0 unspecified atom stereocenters. The number of phenolic OH excluding ortho intramolecular Hbond substituents is 1. The third-order valence-electron chi connectivity index (χ3n) is 4.76. The van der Waals surface area contributed by atoms with Crippen molar-refractivity contribution in [3.8, 4) is 5.75 Å². The van der Waals surface area contributed by atoms with Gasteiger partial charge in [0.2, 0.25) is 5.95 Å². The number of hydrogen-bond donors (Lipinski definition) is 3. The maximum atomic E-state index is 12.6. The summed E-state index contributed by atoms with van der Waals surface area (Å²) in [6.45, 7) is 2.22. The van der Waals surface area contributed by atoms with Crippen LogP contribution in [0.25, 0.3) is 0 Å². The van der Waals surface area contributed by atoms with Gasteiger partial charge in [0.05, 0.1) is 17.5 Å². The molecule has 8 heteroatoms. The number of rotatable bonds is 5. The lowest BCUT2D eigenvalue weighted by Gasteiger charge is -2.27. The Hall–Kier alpha value is -2.97. The highest BCUT2D eigenvalue weighted by Crippen LogP contribution is 2.20. The van der Waals surface area contributed by atoms with E-state index in [0.717, 1.165) is 23.3 Å². The van der Waals surface area contributed by atoms with Gasteiger partial charge < -0.3 is 5.11 Å². The van der Waals surface area contributed by atoms with Crippen molar-refractivity contribution in [2.24, 2.45) is 5.10 Å². The van der Waals surface area contributed by atoms with Crippen molar-refractivity contribution in [1.82, 2.24) is 14.9 Å². The normalized spacial score (nSPS) is 14.1. The van der Waals surface area contributed by atoms with Gasteiger partial charge in [0.1, 0.15) is 5.75 Å². The van der Waals surface area contributed by atoms with Crippen LogP contribution in [0.1, 0.15) is 22.4 Å². The molecule has 7 nitrogen and oxygen atoms in total. The number of hydrazone groups is 1. The molecule has 4 rings (SSSR count). The van der Waals surface area contributed by atoms with Crippen LogP contribution >= 0.6 is 15.9 Å². The number of fused-ring (bicyclic) bond motifs is 1. The number of aromatic hydroxyl groups is 1. The SMILES string of the molecule is O=c1[nH]c(N/N=C\c2cc(Br)ccc2O)nc2c1CN(Cc1ccccc1)CC2. The fraction of sp³-hybridized carbons (Fsp3) is 0.190. The lowest BCUT2D eigenvalue weighted by molar-refractivity contribution is 0.242. The topological polar surface area (TPSA) is 93.6 Å². The van der Waals surface area contributed by atoms with Gasteiger partial charge >= 0.3 is 0 Å². The summed E-state index contributed by atoms with van der Waals surface area (Å²) in [4.78, 5) is 22.1. The molecule has 0 fully saturated rings. The van der Waals surface area contributed by atoms with E-state index in [1.165, 1.54) is 11.8 Å². The van der Waals surface area contributed by atoms with Gasteiger partial charge in [0, 0.05) is 36.1 Å². The van der Waals surface area contributed by atoms with E-state index in [2.05, 4.69) is 53.5 Å². The van der Waals surface area contributed by atoms with E-state index in [-0.39, 0.29) is 17.3 Å². The minimum Gasteiger partial charge on any atom is -0.507 e. The first-order chi connectivity index (χ1) is 14.1. The molecule has 0 bridgehead atoms. The Morgan fingerprint density at radius 3 is 2.93 bits per heavy atom. The molecule has 2 aromatic carbocycles. The summed E-state index contributed by atoms with van der Waals surface area (Å²) in [6, 6.07) is 15.3. The first-order valence-corrected chi connectivity index (χ1v) is 10.0. The van der Waals surface area contributed by atoms with Gasteiger partial charge in [-0.3, -0.25) is 14.7 Å². The van der Waals surface area contributed by atoms with Crippen LogP contribution in [0.2, 0.25) is 0 Å². The summed E-state index contributed by atoms with van der Waals surface area (Å²) in [5.41, 5.74) is 5.85. The molecule has 148 valence electrons. The number of benzene rings is 2. The minimum absolute atomic E-state index is 0.115. The van der Waals surface area contributed by atoms with Crippen molar-refractivity contribution < 1.29 is 5.11 Å². The molecule has 29 heavy (non-hydrogen) atoms. The molecule has 0 amide bonds. The average Bonchev–Trinajstić information content (AvgIpc) is 2.72. The summed E-state index contributed by atoms with van der Waals surface area (Å²) in [5.74, 6) is 0.403. The fourth-order valence-electron chi connectivity index (χ4n) is 3.30. The number of H-pyrrole nitrogens is 1. The molecule has 0 aliphatic carbocycles. The number of aromatic amines is 1. The zero-order valence-corrected chi connectivity index (χ0v) is 17.2. The number of anilines is 1. The molecule has 1 aromatic heterocycles. The molecule has 1 aliphatic rings. The maximum Gasteiger partial charge on any atom is 0.257 e. The van der Waals surface area contributed by atoms with E-state index >= 15 is 0 Å². The number of halogens is 1. The Morgan fingerprint density at radius 2 is 2.10 bits per heavy atom. The van der Waals surface area contributed by atoms with Crippen LogP contribution in [0.4, 0.5) is 5.95 Å². The van der Waals surface area contributed by atoms with Gasteiger partial charge in [-0.25, -0.2) is 10.4 Å². The van der Waals surface area contributed by atoms with Crippen molar-refractivity contribution in [3.63, 3.8) is 0 Å².